The molecule has 0 bridgehead atoms. The average molecular weight is 388 g/mol. The van der Waals surface area contributed by atoms with E-state index < -0.39 is 0 Å². The van der Waals surface area contributed by atoms with Crippen molar-refractivity contribution in [3.63, 3.8) is 0 Å². The van der Waals surface area contributed by atoms with Crippen LogP contribution in [-0.4, -0.2) is 20.3 Å². The minimum atomic E-state index is -0.237. The molecule has 0 N–H and O–H groups in total. The van der Waals surface area contributed by atoms with Crippen molar-refractivity contribution in [2.24, 2.45) is 0 Å². The lowest BCUT2D eigenvalue weighted by Crippen LogP contribution is -2.40. The first-order valence-electron chi connectivity index (χ1n) is 10.9. The minimum Gasteiger partial charge on any atom is -0.407 e. The second-order valence-electron chi connectivity index (χ2n) is 10.0. The maximum atomic E-state index is 5.73. The first-order chi connectivity index (χ1) is 13.7. The predicted molar refractivity (Wildman–Crippen MR) is 123 cm³/mol. The first kappa shape index (κ1) is 20.4. The van der Waals surface area contributed by atoms with Crippen LogP contribution in [0.15, 0.2) is 43.0 Å². The molecule has 2 aliphatic rings. The molecule has 0 aromatic heterocycles. The van der Waals surface area contributed by atoms with Crippen molar-refractivity contribution in [3.05, 3.63) is 70.8 Å². The molecule has 4 rings (SSSR count). The van der Waals surface area contributed by atoms with Gasteiger partial charge in [0.1, 0.15) is 0 Å². The Labute approximate surface area is 176 Å². The summed E-state index contributed by atoms with van der Waals surface area (Å²) >= 11 is 0. The quantitative estimate of drug-likeness (QED) is 0.643. The molecule has 1 saturated heterocycles. The van der Waals surface area contributed by atoms with Crippen LogP contribution in [0.1, 0.15) is 74.8 Å². The Morgan fingerprint density at radius 1 is 0.897 bits per heavy atom. The zero-order valence-electron chi connectivity index (χ0n) is 18.6. The van der Waals surface area contributed by atoms with Crippen molar-refractivity contribution in [1.29, 1.82) is 0 Å². The predicted octanol–water partition coefficient (Wildman–Crippen LogP) is 5.54. The molecule has 1 aliphatic carbocycles. The molecule has 2 aromatic carbocycles. The van der Waals surface area contributed by atoms with Gasteiger partial charge in [0.25, 0.3) is 0 Å². The summed E-state index contributed by atoms with van der Waals surface area (Å²) in [6.45, 7) is 17.7. The van der Waals surface area contributed by atoms with Gasteiger partial charge in [0, 0.05) is 13.2 Å². The number of aryl methyl sites for hydroxylation is 1. The number of benzene rings is 2. The van der Waals surface area contributed by atoms with E-state index in [1.165, 1.54) is 35.1 Å². The first-order valence-corrected chi connectivity index (χ1v) is 10.9. The van der Waals surface area contributed by atoms with E-state index in [9.17, 15) is 0 Å². The van der Waals surface area contributed by atoms with Gasteiger partial charge in [-0.1, -0.05) is 70.7 Å². The zero-order chi connectivity index (χ0) is 20.8. The normalized spacial score (nSPS) is 20.2. The molecule has 1 aliphatic heterocycles. The molecule has 2 aromatic rings. The van der Waals surface area contributed by atoms with Gasteiger partial charge < -0.3 is 9.31 Å². The standard InChI is InChI=1S/C26H33BO2/c1-18-16-23-24(26(5,6)13-12-25(23,3)4)17-22(18)19(2)20-8-10-21(11-9-20)27-28-14-7-15-29-27/h8-11,16-17H,2,7,12-15H2,1,3-6H3. The third-order valence-corrected chi connectivity index (χ3v) is 6.88. The van der Waals surface area contributed by atoms with Crippen molar-refractivity contribution in [2.45, 2.75) is 64.7 Å². The summed E-state index contributed by atoms with van der Waals surface area (Å²) in [6.07, 6.45) is 3.42. The summed E-state index contributed by atoms with van der Waals surface area (Å²) in [4.78, 5) is 0. The van der Waals surface area contributed by atoms with Gasteiger partial charge in [-0.15, -0.1) is 0 Å². The summed E-state index contributed by atoms with van der Waals surface area (Å²) < 4.78 is 11.5. The van der Waals surface area contributed by atoms with Crippen molar-refractivity contribution >= 4 is 18.2 Å². The fourth-order valence-corrected chi connectivity index (χ4v) is 4.72. The van der Waals surface area contributed by atoms with Crippen molar-refractivity contribution in [1.82, 2.24) is 0 Å². The highest BCUT2D eigenvalue weighted by atomic mass is 16.6. The van der Waals surface area contributed by atoms with Crippen molar-refractivity contribution in [3.8, 4) is 0 Å². The van der Waals surface area contributed by atoms with E-state index in [1.54, 1.807) is 0 Å². The van der Waals surface area contributed by atoms with Crippen LogP contribution in [0.2, 0.25) is 0 Å². The molecule has 0 radical (unpaired) electrons. The number of hydrogen-bond donors (Lipinski definition) is 0. The van der Waals surface area contributed by atoms with Crippen LogP contribution in [0.25, 0.3) is 5.57 Å². The lowest BCUT2D eigenvalue weighted by Gasteiger charge is -2.42. The lowest BCUT2D eigenvalue weighted by molar-refractivity contribution is 0.143. The second-order valence-corrected chi connectivity index (χ2v) is 10.0. The van der Waals surface area contributed by atoms with Gasteiger partial charge in [0.2, 0.25) is 0 Å². The van der Waals surface area contributed by atoms with Crippen LogP contribution in [0.4, 0.5) is 0 Å². The van der Waals surface area contributed by atoms with Gasteiger partial charge in [-0.05, 0) is 75.9 Å². The van der Waals surface area contributed by atoms with Crippen molar-refractivity contribution in [2.75, 3.05) is 13.2 Å². The van der Waals surface area contributed by atoms with Crippen LogP contribution in [0.5, 0.6) is 0 Å². The summed E-state index contributed by atoms with van der Waals surface area (Å²) in [5.41, 5.74) is 9.30. The highest BCUT2D eigenvalue weighted by Gasteiger charge is 2.37. The van der Waals surface area contributed by atoms with Gasteiger partial charge in [-0.3, -0.25) is 0 Å². The molecule has 3 heteroatoms. The maximum absolute atomic E-state index is 5.73. The molecule has 0 spiro atoms. The Balaban J connectivity index is 1.67. The Morgan fingerprint density at radius 3 is 2.03 bits per heavy atom. The topological polar surface area (TPSA) is 18.5 Å². The molecule has 0 saturated carbocycles. The van der Waals surface area contributed by atoms with Crippen LogP contribution in [-0.2, 0) is 20.1 Å². The SMILES string of the molecule is C=C(c1ccc(B2OCCCO2)cc1)c1cc2c(cc1C)C(C)(C)CCC2(C)C. The second kappa shape index (κ2) is 7.45. The van der Waals surface area contributed by atoms with E-state index >= 15 is 0 Å². The van der Waals surface area contributed by atoms with E-state index in [0.29, 0.717) is 0 Å². The largest absolute Gasteiger partial charge is 0.493 e. The van der Waals surface area contributed by atoms with E-state index in [-0.39, 0.29) is 17.9 Å². The van der Waals surface area contributed by atoms with Crippen LogP contribution < -0.4 is 5.46 Å². The Morgan fingerprint density at radius 2 is 1.45 bits per heavy atom. The van der Waals surface area contributed by atoms with Gasteiger partial charge in [-0.2, -0.15) is 0 Å². The molecule has 152 valence electrons. The zero-order valence-corrected chi connectivity index (χ0v) is 18.6. The van der Waals surface area contributed by atoms with E-state index in [0.717, 1.165) is 36.2 Å². The molecular formula is C26H33BO2. The molecular weight excluding hydrogens is 355 g/mol. The van der Waals surface area contributed by atoms with Gasteiger partial charge in [-0.25, -0.2) is 0 Å². The maximum Gasteiger partial charge on any atom is 0.493 e. The lowest BCUT2D eigenvalue weighted by atomic mass is 9.62. The summed E-state index contributed by atoms with van der Waals surface area (Å²) in [7, 11) is -0.237. The molecule has 0 amide bonds. The number of hydrogen-bond acceptors (Lipinski definition) is 2. The monoisotopic (exact) mass is 388 g/mol. The van der Waals surface area contributed by atoms with Gasteiger partial charge in [0.05, 0.1) is 0 Å². The molecule has 29 heavy (non-hydrogen) atoms. The van der Waals surface area contributed by atoms with Gasteiger partial charge >= 0.3 is 7.12 Å². The van der Waals surface area contributed by atoms with Crippen LogP contribution in [0, 0.1) is 6.92 Å². The Bertz CT molecular complexity index is 918. The van der Waals surface area contributed by atoms with E-state index in [4.69, 9.17) is 9.31 Å². The van der Waals surface area contributed by atoms with E-state index in [1.807, 2.05) is 0 Å². The smallest absolute Gasteiger partial charge is 0.407 e. The third kappa shape index (κ3) is 3.83. The molecule has 1 heterocycles. The molecule has 2 nitrogen and oxygen atoms in total. The van der Waals surface area contributed by atoms with Gasteiger partial charge in [0.15, 0.2) is 0 Å². The highest BCUT2D eigenvalue weighted by molar-refractivity contribution is 6.61. The van der Waals surface area contributed by atoms with Crippen molar-refractivity contribution < 1.29 is 9.31 Å². The highest BCUT2D eigenvalue weighted by Crippen LogP contribution is 2.47. The fourth-order valence-electron chi connectivity index (χ4n) is 4.72. The minimum absolute atomic E-state index is 0.201. The van der Waals surface area contributed by atoms with Crippen LogP contribution in [0.3, 0.4) is 0 Å². The van der Waals surface area contributed by atoms with E-state index in [2.05, 4.69) is 77.6 Å². The Kier molecular flexibility index (Phi) is 5.25. The number of fused-ring (bicyclic) bond motifs is 1. The molecule has 0 unspecified atom stereocenters. The molecule has 0 atom stereocenters. The summed E-state index contributed by atoms with van der Waals surface area (Å²) in [6, 6.07) is 13.3. The number of rotatable bonds is 3. The summed E-state index contributed by atoms with van der Waals surface area (Å²) in [5.74, 6) is 0. The Hall–Kier alpha value is -1.84. The average Bonchev–Trinajstić information content (AvgIpc) is 2.71. The molecule has 1 fully saturated rings. The summed E-state index contributed by atoms with van der Waals surface area (Å²) in [5, 5.41) is 0. The van der Waals surface area contributed by atoms with Crippen LogP contribution >= 0.6 is 0 Å². The third-order valence-electron chi connectivity index (χ3n) is 6.88. The fraction of sp³-hybridized carbons (Fsp3) is 0.462.